The Labute approximate surface area is 157 Å². The lowest BCUT2D eigenvalue weighted by Crippen LogP contribution is -2.46. The summed E-state index contributed by atoms with van der Waals surface area (Å²) in [6.45, 7) is 3.84. The van der Waals surface area contributed by atoms with Crippen molar-refractivity contribution in [2.45, 2.75) is 12.6 Å². The van der Waals surface area contributed by atoms with Crippen LogP contribution in [0, 0.1) is 5.82 Å². The van der Waals surface area contributed by atoms with Crippen LogP contribution in [0.25, 0.3) is 0 Å². The third-order valence-electron chi connectivity index (χ3n) is 5.09. The second-order valence-corrected chi connectivity index (χ2v) is 6.87. The topological polar surface area (TPSA) is 57.7 Å². The maximum absolute atomic E-state index is 14.7. The Morgan fingerprint density at radius 1 is 1.22 bits per heavy atom. The maximum atomic E-state index is 14.7. The van der Waals surface area contributed by atoms with Crippen molar-refractivity contribution in [1.82, 2.24) is 14.5 Å². The third-order valence-corrected chi connectivity index (χ3v) is 5.09. The second kappa shape index (κ2) is 7.54. The van der Waals surface area contributed by atoms with Crippen molar-refractivity contribution in [3.05, 3.63) is 72.0 Å². The van der Waals surface area contributed by atoms with Crippen LogP contribution in [0.2, 0.25) is 0 Å². The lowest BCUT2D eigenvalue weighted by molar-refractivity contribution is 0.205. The van der Waals surface area contributed by atoms with Gasteiger partial charge in [0.15, 0.2) is 0 Å². The van der Waals surface area contributed by atoms with E-state index in [1.165, 1.54) is 6.07 Å². The Balaban J connectivity index is 1.53. The summed E-state index contributed by atoms with van der Waals surface area (Å²) < 4.78 is 21.6. The average Bonchev–Trinajstić information content (AvgIpc) is 3.33. The van der Waals surface area contributed by atoms with Crippen LogP contribution in [-0.4, -0.2) is 45.7 Å². The minimum absolute atomic E-state index is 0.316. The molecule has 0 amide bonds. The molecule has 0 bridgehead atoms. The Morgan fingerprint density at radius 3 is 2.70 bits per heavy atom. The van der Waals surface area contributed by atoms with Gasteiger partial charge in [0, 0.05) is 63.3 Å². The van der Waals surface area contributed by atoms with Crippen LogP contribution >= 0.6 is 0 Å². The molecule has 1 aliphatic heterocycles. The van der Waals surface area contributed by atoms with Crippen molar-refractivity contribution < 1.29 is 13.9 Å². The molecule has 0 spiro atoms. The van der Waals surface area contributed by atoms with Crippen LogP contribution in [0.1, 0.15) is 23.1 Å². The minimum Gasteiger partial charge on any atom is -0.472 e. The Bertz CT molecular complexity index is 885. The molecular weight excluding hydrogens is 347 g/mol. The largest absolute Gasteiger partial charge is 0.472 e. The van der Waals surface area contributed by atoms with E-state index in [0.29, 0.717) is 30.2 Å². The molecule has 1 unspecified atom stereocenters. The number of aliphatic hydroxyl groups excluding tert-OH is 1. The van der Waals surface area contributed by atoms with E-state index in [2.05, 4.69) is 9.88 Å². The molecule has 142 valence electrons. The molecular formula is C20H23FN4O2. The number of benzene rings is 1. The number of aromatic nitrogens is 2. The molecule has 0 radical (unpaired) electrons. The van der Waals surface area contributed by atoms with Gasteiger partial charge >= 0.3 is 0 Å². The lowest BCUT2D eigenvalue weighted by Gasteiger charge is -2.37. The summed E-state index contributed by atoms with van der Waals surface area (Å²) in [5.74, 6) is 0.185. The number of para-hydroxylation sites is 1. The predicted octanol–water partition coefficient (Wildman–Crippen LogP) is 2.56. The molecule has 0 aliphatic carbocycles. The number of rotatable bonds is 5. The number of furan rings is 1. The molecule has 1 aromatic carbocycles. The highest BCUT2D eigenvalue weighted by Crippen LogP contribution is 2.33. The van der Waals surface area contributed by atoms with Crippen molar-refractivity contribution in [3.8, 4) is 0 Å². The van der Waals surface area contributed by atoms with Gasteiger partial charge in [0.1, 0.15) is 17.7 Å². The van der Waals surface area contributed by atoms with Crippen LogP contribution in [0.4, 0.5) is 10.1 Å². The summed E-state index contributed by atoms with van der Waals surface area (Å²) in [6.07, 6.45) is 5.86. The molecule has 1 fully saturated rings. The van der Waals surface area contributed by atoms with Crippen molar-refractivity contribution >= 4 is 5.69 Å². The molecule has 3 aromatic rings. The van der Waals surface area contributed by atoms with E-state index >= 15 is 0 Å². The highest BCUT2D eigenvalue weighted by Gasteiger charge is 2.26. The first-order valence-corrected chi connectivity index (χ1v) is 9.05. The zero-order valence-corrected chi connectivity index (χ0v) is 15.3. The molecule has 3 heterocycles. The number of halogens is 1. The molecule has 2 aromatic heterocycles. The van der Waals surface area contributed by atoms with Gasteiger partial charge in [-0.1, -0.05) is 12.1 Å². The number of piperazine rings is 1. The summed E-state index contributed by atoms with van der Waals surface area (Å²) in [6, 6.07) is 6.82. The number of imidazole rings is 1. The lowest BCUT2D eigenvalue weighted by atomic mass is 10.0. The minimum atomic E-state index is -0.973. The molecule has 1 aliphatic rings. The van der Waals surface area contributed by atoms with Crippen molar-refractivity contribution in [2.24, 2.45) is 7.05 Å². The Hall–Kier alpha value is -2.64. The van der Waals surface area contributed by atoms with E-state index < -0.39 is 6.10 Å². The Morgan fingerprint density at radius 2 is 2.04 bits per heavy atom. The first kappa shape index (κ1) is 17.8. The first-order chi connectivity index (χ1) is 13.1. The van der Waals surface area contributed by atoms with Crippen molar-refractivity contribution in [3.63, 3.8) is 0 Å². The third kappa shape index (κ3) is 3.61. The molecule has 6 nitrogen and oxygen atoms in total. The summed E-state index contributed by atoms with van der Waals surface area (Å²) in [5, 5.41) is 10.8. The molecule has 7 heteroatoms. The van der Waals surface area contributed by atoms with Crippen LogP contribution in [0.15, 0.2) is 53.6 Å². The number of hydrogen-bond acceptors (Lipinski definition) is 5. The standard InChI is InChI=1S/C20H23FN4O2/c1-23-7-6-22-20(23)19(26)16-3-2-4-17(21)18(16)25-10-8-24(9-11-25)13-15-5-12-27-14-15/h2-7,12,14,19,26H,8-11,13H2,1H3. The van der Waals surface area contributed by atoms with Gasteiger partial charge in [-0.2, -0.15) is 0 Å². The van der Waals surface area contributed by atoms with E-state index in [-0.39, 0.29) is 5.82 Å². The fraction of sp³-hybridized carbons (Fsp3) is 0.350. The van der Waals surface area contributed by atoms with Crippen LogP contribution in [0.3, 0.4) is 0 Å². The molecule has 1 atom stereocenters. The number of aliphatic hydroxyl groups is 1. The van der Waals surface area contributed by atoms with Crippen molar-refractivity contribution in [2.75, 3.05) is 31.1 Å². The zero-order chi connectivity index (χ0) is 18.8. The normalized spacial score (nSPS) is 16.6. The maximum Gasteiger partial charge on any atom is 0.146 e. The van der Waals surface area contributed by atoms with Gasteiger partial charge in [0.05, 0.1) is 18.2 Å². The number of nitrogens with zero attached hydrogens (tertiary/aromatic N) is 4. The quantitative estimate of drug-likeness (QED) is 0.748. The molecule has 0 saturated carbocycles. The van der Waals surface area contributed by atoms with Crippen molar-refractivity contribution in [1.29, 1.82) is 0 Å². The number of anilines is 1. The molecule has 1 saturated heterocycles. The fourth-order valence-corrected chi connectivity index (χ4v) is 3.64. The SMILES string of the molecule is Cn1ccnc1C(O)c1cccc(F)c1N1CCN(Cc2ccoc2)CC1. The number of hydrogen-bond donors (Lipinski definition) is 1. The average molecular weight is 370 g/mol. The van der Waals surface area contributed by atoms with E-state index in [0.717, 1.165) is 25.2 Å². The molecule has 27 heavy (non-hydrogen) atoms. The van der Waals surface area contributed by atoms with E-state index in [1.807, 2.05) is 18.0 Å². The van der Waals surface area contributed by atoms with Gasteiger partial charge < -0.3 is 19.0 Å². The summed E-state index contributed by atoms with van der Waals surface area (Å²) in [5.41, 5.74) is 2.16. The molecule has 4 rings (SSSR count). The highest BCUT2D eigenvalue weighted by atomic mass is 19.1. The number of aryl methyl sites for hydroxylation is 1. The summed E-state index contributed by atoms with van der Waals surface area (Å²) >= 11 is 0. The fourth-order valence-electron chi connectivity index (χ4n) is 3.64. The second-order valence-electron chi connectivity index (χ2n) is 6.87. The van der Waals surface area contributed by atoms with Gasteiger partial charge in [-0.15, -0.1) is 0 Å². The van der Waals surface area contributed by atoms with Gasteiger partial charge in [-0.3, -0.25) is 4.90 Å². The Kier molecular flexibility index (Phi) is 4.96. The van der Waals surface area contributed by atoms with Crippen LogP contribution < -0.4 is 4.90 Å². The van der Waals surface area contributed by atoms with Gasteiger partial charge in [-0.25, -0.2) is 9.37 Å². The molecule has 1 N–H and O–H groups in total. The van der Waals surface area contributed by atoms with Crippen LogP contribution in [0.5, 0.6) is 0 Å². The van der Waals surface area contributed by atoms with Crippen LogP contribution in [-0.2, 0) is 13.6 Å². The zero-order valence-electron chi connectivity index (χ0n) is 15.3. The van der Waals surface area contributed by atoms with Gasteiger partial charge in [0.2, 0.25) is 0 Å². The summed E-state index contributed by atoms with van der Waals surface area (Å²) in [4.78, 5) is 8.55. The predicted molar refractivity (Wildman–Crippen MR) is 99.9 cm³/mol. The van der Waals surface area contributed by atoms with E-state index in [4.69, 9.17) is 4.42 Å². The van der Waals surface area contributed by atoms with E-state index in [1.54, 1.807) is 41.6 Å². The van der Waals surface area contributed by atoms with Gasteiger partial charge in [-0.05, 0) is 12.1 Å². The highest BCUT2D eigenvalue weighted by molar-refractivity contribution is 5.57. The van der Waals surface area contributed by atoms with E-state index in [9.17, 15) is 9.50 Å². The first-order valence-electron chi connectivity index (χ1n) is 9.05. The smallest absolute Gasteiger partial charge is 0.146 e. The monoisotopic (exact) mass is 370 g/mol. The van der Waals surface area contributed by atoms with Gasteiger partial charge in [0.25, 0.3) is 0 Å². The summed E-state index contributed by atoms with van der Waals surface area (Å²) in [7, 11) is 1.82.